The molecule has 0 radical (unpaired) electrons. The number of carbonyl (C=O) groups excluding carboxylic acids is 2. The summed E-state index contributed by atoms with van der Waals surface area (Å²) < 4.78 is 17.6. The fourth-order valence-electron chi connectivity index (χ4n) is 3.71. The highest BCUT2D eigenvalue weighted by molar-refractivity contribution is 5.93. The van der Waals surface area contributed by atoms with E-state index in [1.54, 1.807) is 19.1 Å². The van der Waals surface area contributed by atoms with Gasteiger partial charge in [0.05, 0.1) is 13.2 Å². The van der Waals surface area contributed by atoms with Crippen LogP contribution in [0.25, 0.3) is 0 Å². The Kier molecular flexibility index (Phi) is 13.7. The number of hydrogen-bond donors (Lipinski definition) is 2. The number of nitrogens with one attached hydrogen (secondary N) is 1. The lowest BCUT2D eigenvalue weighted by atomic mass is 9.87. The van der Waals surface area contributed by atoms with Gasteiger partial charge < -0.3 is 24.6 Å². The molecule has 7 heteroatoms. The highest BCUT2D eigenvalue weighted by atomic mass is 16.7. The quantitative estimate of drug-likeness (QED) is 0.132. The number of amides is 1. The number of hydrogen-bond acceptors (Lipinski definition) is 6. The number of carbonyl (C=O) groups is 2. The first-order valence-electron chi connectivity index (χ1n) is 14.3. The zero-order valence-electron chi connectivity index (χ0n) is 24.8. The fraction of sp³-hybridized carbons (Fsp3) is 0.515. The summed E-state index contributed by atoms with van der Waals surface area (Å²) in [6.07, 6.45) is 22.2. The van der Waals surface area contributed by atoms with Crippen LogP contribution in [0.5, 0.6) is 11.5 Å². The van der Waals surface area contributed by atoms with Crippen molar-refractivity contribution in [3.63, 3.8) is 0 Å². The first kappa shape index (κ1) is 32.9. The number of esters is 1. The van der Waals surface area contributed by atoms with Crippen LogP contribution < -0.4 is 14.8 Å². The second-order valence-electron chi connectivity index (χ2n) is 11.1. The van der Waals surface area contributed by atoms with Crippen molar-refractivity contribution in [2.75, 3.05) is 13.2 Å². The number of fused-ring (bicyclic) bond motifs is 1. The molecule has 0 saturated heterocycles. The maximum atomic E-state index is 12.7. The lowest BCUT2D eigenvalue weighted by Gasteiger charge is -2.35. The molecule has 2 atom stereocenters. The van der Waals surface area contributed by atoms with Crippen molar-refractivity contribution in [2.24, 2.45) is 5.41 Å². The average molecular weight is 554 g/mol. The van der Waals surface area contributed by atoms with Crippen LogP contribution in [-0.4, -0.2) is 42.0 Å². The minimum absolute atomic E-state index is 0.0130. The normalized spacial score (nSPS) is 17.9. The van der Waals surface area contributed by atoms with Gasteiger partial charge >= 0.3 is 5.97 Å². The predicted octanol–water partition coefficient (Wildman–Crippen LogP) is 6.83. The van der Waals surface area contributed by atoms with Crippen LogP contribution in [0.15, 0.2) is 66.8 Å². The molecular formula is C33H47NO6. The maximum absolute atomic E-state index is 12.7. The topological polar surface area (TPSA) is 94.1 Å². The third-order valence-electron chi connectivity index (χ3n) is 6.62. The van der Waals surface area contributed by atoms with Gasteiger partial charge in [-0.1, -0.05) is 75.4 Å². The Bertz CT molecular complexity index is 1070. The summed E-state index contributed by atoms with van der Waals surface area (Å²) in [6.45, 7) is 10.0. The molecule has 7 nitrogen and oxygen atoms in total. The Balaban J connectivity index is 1.55. The van der Waals surface area contributed by atoms with E-state index in [0.717, 1.165) is 32.1 Å². The van der Waals surface area contributed by atoms with Crippen LogP contribution in [0.4, 0.5) is 0 Å². The third kappa shape index (κ3) is 11.0. The van der Waals surface area contributed by atoms with Crippen molar-refractivity contribution >= 4 is 11.9 Å². The number of rotatable bonds is 16. The number of allylic oxidation sites excluding steroid dienone is 7. The van der Waals surface area contributed by atoms with E-state index in [-0.39, 0.29) is 24.0 Å². The van der Waals surface area contributed by atoms with E-state index in [2.05, 4.69) is 47.8 Å². The molecule has 0 aromatic heterocycles. The molecule has 2 N–H and O–H groups in total. The van der Waals surface area contributed by atoms with Crippen molar-refractivity contribution in [3.8, 4) is 11.5 Å². The highest BCUT2D eigenvalue weighted by Crippen LogP contribution is 2.48. The van der Waals surface area contributed by atoms with E-state index >= 15 is 0 Å². The van der Waals surface area contributed by atoms with E-state index in [4.69, 9.17) is 19.3 Å². The zero-order valence-corrected chi connectivity index (χ0v) is 24.8. The van der Waals surface area contributed by atoms with Crippen LogP contribution in [-0.2, 0) is 9.53 Å². The first-order valence-corrected chi connectivity index (χ1v) is 14.3. The standard InChI is InChI=1S/C33H47NO6/c1-26(25-35)34-29(36)23-18-16-14-12-10-8-6-7-9-11-13-15-17-19-24-38-31(37)27-21-20-22-28-30(27)40-33(5,39-28)32(2,3)4/h6,8-9,11-12,14-15,17,20-22,26,35H,7,10,13,16,18-19,23-25H2,1-5H3,(H,34,36)/b8-6-,11-9-,14-12-,17-15-/t26-,33?/m1/s1. The number of ether oxygens (including phenoxy) is 3. The van der Waals surface area contributed by atoms with Crippen LogP contribution in [0, 0.1) is 5.41 Å². The summed E-state index contributed by atoms with van der Waals surface area (Å²) in [5.74, 6) is -0.265. The Labute approximate surface area is 240 Å². The molecule has 0 spiro atoms. The van der Waals surface area contributed by atoms with E-state index < -0.39 is 11.8 Å². The Morgan fingerprint density at radius 3 is 2.17 bits per heavy atom. The fourth-order valence-corrected chi connectivity index (χ4v) is 3.71. The van der Waals surface area contributed by atoms with Gasteiger partial charge in [-0.05, 0) is 57.6 Å². The van der Waals surface area contributed by atoms with Crippen molar-refractivity contribution in [2.45, 2.75) is 91.4 Å². The molecule has 1 unspecified atom stereocenters. The van der Waals surface area contributed by atoms with Crippen LogP contribution in [0.1, 0.15) is 89.9 Å². The molecule has 1 aromatic carbocycles. The molecule has 0 fully saturated rings. The summed E-state index contributed by atoms with van der Waals surface area (Å²) in [4.78, 5) is 24.3. The smallest absolute Gasteiger partial charge is 0.342 e. The zero-order chi connectivity index (χ0) is 29.4. The van der Waals surface area contributed by atoms with Crippen molar-refractivity contribution in [1.29, 1.82) is 0 Å². The second-order valence-corrected chi connectivity index (χ2v) is 11.1. The van der Waals surface area contributed by atoms with E-state index in [1.807, 2.05) is 39.8 Å². The van der Waals surface area contributed by atoms with Crippen LogP contribution >= 0.6 is 0 Å². The van der Waals surface area contributed by atoms with Gasteiger partial charge in [0.1, 0.15) is 5.56 Å². The highest BCUT2D eigenvalue weighted by Gasteiger charge is 2.48. The molecular weight excluding hydrogens is 506 g/mol. The molecule has 2 rings (SSSR count). The van der Waals surface area contributed by atoms with Crippen molar-refractivity contribution in [3.05, 3.63) is 72.4 Å². The Morgan fingerprint density at radius 1 is 0.975 bits per heavy atom. The SMILES string of the molecule is C[C@H](CO)NC(=O)CCC/C=C\C/C=C\C/C=C\C/C=C\CCOC(=O)c1cccc2c1OC(C)(C(C)(C)C)O2. The molecule has 0 bridgehead atoms. The van der Waals surface area contributed by atoms with E-state index in [9.17, 15) is 9.59 Å². The van der Waals surface area contributed by atoms with Crippen molar-refractivity contribution < 1.29 is 28.9 Å². The number of aliphatic hydroxyl groups is 1. The summed E-state index contributed by atoms with van der Waals surface area (Å²) >= 11 is 0. The van der Waals surface area contributed by atoms with E-state index in [0.29, 0.717) is 36.5 Å². The summed E-state index contributed by atoms with van der Waals surface area (Å²) in [7, 11) is 0. The minimum atomic E-state index is -0.850. The van der Waals surface area contributed by atoms with Gasteiger partial charge in [-0.15, -0.1) is 0 Å². The maximum Gasteiger partial charge on any atom is 0.342 e. The number of aliphatic hydroxyl groups excluding tert-OH is 1. The van der Waals surface area contributed by atoms with Gasteiger partial charge in [0.15, 0.2) is 11.5 Å². The molecule has 0 saturated carbocycles. The molecule has 1 amide bonds. The largest absolute Gasteiger partial charge is 0.462 e. The Morgan fingerprint density at radius 2 is 1.57 bits per heavy atom. The molecule has 0 aliphatic carbocycles. The Hall–Kier alpha value is -3.32. The molecule has 1 aliphatic heterocycles. The van der Waals surface area contributed by atoms with Crippen LogP contribution in [0.3, 0.4) is 0 Å². The molecule has 1 aliphatic rings. The monoisotopic (exact) mass is 553 g/mol. The average Bonchev–Trinajstić information content (AvgIpc) is 3.28. The van der Waals surface area contributed by atoms with Gasteiger partial charge in [0, 0.05) is 24.8 Å². The summed E-state index contributed by atoms with van der Waals surface area (Å²) in [6, 6.07) is 5.10. The van der Waals surface area contributed by atoms with Gasteiger partial charge in [0.25, 0.3) is 5.79 Å². The predicted molar refractivity (Wildman–Crippen MR) is 159 cm³/mol. The third-order valence-corrected chi connectivity index (χ3v) is 6.62. The number of benzene rings is 1. The lowest BCUT2D eigenvalue weighted by Crippen LogP contribution is -2.47. The summed E-state index contributed by atoms with van der Waals surface area (Å²) in [5.41, 5.74) is 0.110. The van der Waals surface area contributed by atoms with Gasteiger partial charge in [0.2, 0.25) is 5.91 Å². The molecule has 1 heterocycles. The number of para-hydroxylation sites is 1. The molecule has 40 heavy (non-hydrogen) atoms. The molecule has 220 valence electrons. The summed E-state index contributed by atoms with van der Waals surface area (Å²) in [5, 5.41) is 11.7. The van der Waals surface area contributed by atoms with Gasteiger partial charge in [-0.3, -0.25) is 4.79 Å². The van der Waals surface area contributed by atoms with E-state index in [1.165, 1.54) is 0 Å². The van der Waals surface area contributed by atoms with Gasteiger partial charge in [-0.2, -0.15) is 0 Å². The van der Waals surface area contributed by atoms with Crippen molar-refractivity contribution in [1.82, 2.24) is 5.32 Å². The minimum Gasteiger partial charge on any atom is -0.462 e. The first-order chi connectivity index (χ1) is 19.1. The van der Waals surface area contributed by atoms with Crippen LogP contribution in [0.2, 0.25) is 0 Å². The molecule has 1 aromatic rings. The lowest BCUT2D eigenvalue weighted by molar-refractivity contribution is -0.142. The second kappa shape index (κ2) is 16.7. The number of unbranched alkanes of at least 4 members (excludes halogenated alkanes) is 1. The van der Waals surface area contributed by atoms with Gasteiger partial charge in [-0.25, -0.2) is 4.79 Å².